The zero-order chi connectivity index (χ0) is 8.73. The van der Waals surface area contributed by atoms with E-state index < -0.39 is 18.0 Å². The Bertz CT molecular complexity index is 118. The maximum absolute atomic E-state index is 9.45. The van der Waals surface area contributed by atoms with E-state index in [9.17, 15) is 4.79 Å². The van der Waals surface area contributed by atoms with E-state index in [0.717, 1.165) is 6.92 Å². The lowest BCUT2D eigenvalue weighted by Gasteiger charge is -1.89. The summed E-state index contributed by atoms with van der Waals surface area (Å²) in [5.41, 5.74) is 0. The molecule has 0 aromatic rings. The molecular weight excluding hydrogens is 154 g/mol. The lowest BCUT2D eigenvalue weighted by Crippen LogP contribution is -2.13. The van der Waals surface area contributed by atoms with Gasteiger partial charge in [0.15, 0.2) is 0 Å². The molecule has 0 radical (unpaired) electrons. The number of hydrogen-bond acceptors (Lipinski definition) is 4. The molecule has 11 heavy (non-hydrogen) atoms. The number of aliphatic hydroxyl groups is 1. The smallest absolute Gasteiger partial charge is 0.332 e. The van der Waals surface area contributed by atoms with Crippen molar-refractivity contribution in [2.75, 3.05) is 0 Å². The van der Waals surface area contributed by atoms with Gasteiger partial charge < -0.3 is 21.5 Å². The second-order valence-corrected chi connectivity index (χ2v) is 1.53. The topological polar surface area (TPSA) is 130 Å². The van der Waals surface area contributed by atoms with Crippen LogP contribution in [0.25, 0.3) is 0 Å². The molecule has 6 heteroatoms. The number of rotatable bonds is 1. The van der Waals surface area contributed by atoms with Gasteiger partial charge in [-0.2, -0.15) is 0 Å². The van der Waals surface area contributed by atoms with E-state index in [1.54, 1.807) is 0 Å². The molecule has 0 bridgehead atoms. The second-order valence-electron chi connectivity index (χ2n) is 1.53. The third-order valence-corrected chi connectivity index (χ3v) is 0.357. The number of aliphatic carboxylic acids is 2. The van der Waals surface area contributed by atoms with Crippen molar-refractivity contribution in [3.8, 4) is 0 Å². The Hall–Kier alpha value is -1.14. The molecule has 0 saturated carbocycles. The monoisotopic (exact) mass is 167 g/mol. The molecule has 0 aliphatic heterocycles. The van der Waals surface area contributed by atoms with E-state index >= 15 is 0 Å². The molecule has 6 nitrogen and oxygen atoms in total. The van der Waals surface area contributed by atoms with Crippen molar-refractivity contribution in [1.82, 2.24) is 6.15 Å². The first-order valence-corrected chi connectivity index (χ1v) is 2.48. The summed E-state index contributed by atoms with van der Waals surface area (Å²) >= 11 is 0. The van der Waals surface area contributed by atoms with Gasteiger partial charge in [-0.15, -0.1) is 0 Å². The van der Waals surface area contributed by atoms with Crippen LogP contribution in [-0.4, -0.2) is 33.4 Å². The molecule has 6 N–H and O–H groups in total. The molecular formula is C5H13NO5. The maximum Gasteiger partial charge on any atom is 0.332 e. The lowest BCUT2D eigenvalue weighted by molar-refractivity contribution is -0.145. The van der Waals surface area contributed by atoms with Gasteiger partial charge in [0.05, 0.1) is 0 Å². The average Bonchev–Trinajstić information content (AvgIpc) is 1.63. The minimum Gasteiger partial charge on any atom is -0.481 e. The molecule has 1 atom stereocenters. The third kappa shape index (κ3) is 51.0. The summed E-state index contributed by atoms with van der Waals surface area (Å²) in [6.45, 7) is 2.28. The quantitative estimate of drug-likeness (QED) is 0.424. The van der Waals surface area contributed by atoms with Gasteiger partial charge in [0.1, 0.15) is 6.10 Å². The Kier molecular flexibility index (Phi) is 13.2. The van der Waals surface area contributed by atoms with Crippen LogP contribution >= 0.6 is 0 Å². The highest BCUT2D eigenvalue weighted by Gasteiger charge is 2.01. The second kappa shape index (κ2) is 8.86. The van der Waals surface area contributed by atoms with Crippen molar-refractivity contribution in [3.63, 3.8) is 0 Å². The molecule has 68 valence electrons. The largest absolute Gasteiger partial charge is 0.481 e. The van der Waals surface area contributed by atoms with Gasteiger partial charge in [0.25, 0.3) is 5.97 Å². The summed E-state index contributed by atoms with van der Waals surface area (Å²) < 4.78 is 0. The predicted octanol–water partition coefficient (Wildman–Crippen LogP) is -0.295. The summed E-state index contributed by atoms with van der Waals surface area (Å²) in [6.07, 6.45) is -1.23. The number of carboxylic acids is 2. The van der Waals surface area contributed by atoms with Crippen LogP contribution in [0.1, 0.15) is 13.8 Å². The Morgan fingerprint density at radius 3 is 1.36 bits per heavy atom. The molecule has 0 saturated heterocycles. The van der Waals surface area contributed by atoms with E-state index in [4.69, 9.17) is 20.1 Å². The lowest BCUT2D eigenvalue weighted by atomic mass is 10.4. The minimum atomic E-state index is -1.23. The SMILES string of the molecule is CC(=O)O.CC(O)C(=O)O.N. The summed E-state index contributed by atoms with van der Waals surface area (Å²) in [4.78, 5) is 18.4. The third-order valence-electron chi connectivity index (χ3n) is 0.357. The van der Waals surface area contributed by atoms with Gasteiger partial charge in [0, 0.05) is 6.92 Å². The zero-order valence-electron chi connectivity index (χ0n) is 6.44. The van der Waals surface area contributed by atoms with Crippen molar-refractivity contribution >= 4 is 11.9 Å². The maximum atomic E-state index is 9.45. The van der Waals surface area contributed by atoms with Gasteiger partial charge in [-0.25, -0.2) is 4.79 Å². The van der Waals surface area contributed by atoms with E-state index in [1.807, 2.05) is 0 Å². The van der Waals surface area contributed by atoms with Crippen LogP contribution in [0.5, 0.6) is 0 Å². The summed E-state index contributed by atoms with van der Waals surface area (Å²) in [5.74, 6) is -2.02. The molecule has 0 aliphatic carbocycles. The van der Waals surface area contributed by atoms with E-state index in [2.05, 4.69) is 0 Å². The van der Waals surface area contributed by atoms with Crippen molar-refractivity contribution in [3.05, 3.63) is 0 Å². The molecule has 0 rings (SSSR count). The van der Waals surface area contributed by atoms with Crippen LogP contribution in [0.3, 0.4) is 0 Å². The fourth-order valence-corrected chi connectivity index (χ4v) is 0. The average molecular weight is 167 g/mol. The Morgan fingerprint density at radius 2 is 1.36 bits per heavy atom. The number of carbonyl (C=O) groups is 2. The molecule has 0 fully saturated rings. The number of aliphatic hydroxyl groups excluding tert-OH is 1. The molecule has 0 aromatic heterocycles. The highest BCUT2D eigenvalue weighted by molar-refractivity contribution is 5.71. The highest BCUT2D eigenvalue weighted by atomic mass is 16.4. The molecule has 0 amide bonds. The molecule has 1 unspecified atom stereocenters. The number of hydrogen-bond donors (Lipinski definition) is 4. The highest BCUT2D eigenvalue weighted by Crippen LogP contribution is 1.73. The van der Waals surface area contributed by atoms with Gasteiger partial charge in [-0.05, 0) is 6.92 Å². The standard InChI is InChI=1S/C3H6O3.C2H4O2.H3N/c1-2(4)3(5)6;1-2(3)4;/h2,4H,1H3,(H,5,6);1H3,(H,3,4);1H3. The Labute approximate surface area is 64.0 Å². The van der Waals surface area contributed by atoms with Crippen LogP contribution in [-0.2, 0) is 9.59 Å². The fourth-order valence-electron chi connectivity index (χ4n) is 0. The van der Waals surface area contributed by atoms with Crippen LogP contribution in [0, 0.1) is 0 Å². The summed E-state index contributed by atoms with van der Waals surface area (Å²) in [7, 11) is 0. The molecule has 0 aliphatic rings. The van der Waals surface area contributed by atoms with Crippen molar-refractivity contribution in [2.45, 2.75) is 20.0 Å². The van der Waals surface area contributed by atoms with Crippen LogP contribution in [0.2, 0.25) is 0 Å². The van der Waals surface area contributed by atoms with Crippen LogP contribution < -0.4 is 6.15 Å². The van der Waals surface area contributed by atoms with Gasteiger partial charge >= 0.3 is 5.97 Å². The van der Waals surface area contributed by atoms with Crippen LogP contribution in [0.4, 0.5) is 0 Å². The Morgan fingerprint density at radius 1 is 1.27 bits per heavy atom. The zero-order valence-corrected chi connectivity index (χ0v) is 6.44. The predicted molar refractivity (Wildman–Crippen MR) is 37.6 cm³/mol. The van der Waals surface area contributed by atoms with Crippen molar-refractivity contribution < 1.29 is 24.9 Å². The Balaban J connectivity index is -0.000000114. The summed E-state index contributed by atoms with van der Waals surface area (Å²) in [6, 6.07) is 0. The van der Waals surface area contributed by atoms with Crippen LogP contribution in [0.15, 0.2) is 0 Å². The van der Waals surface area contributed by atoms with Crippen molar-refractivity contribution in [1.29, 1.82) is 0 Å². The van der Waals surface area contributed by atoms with Gasteiger partial charge in [0.2, 0.25) is 0 Å². The minimum absolute atomic E-state index is 0. The molecule has 0 aromatic carbocycles. The first kappa shape index (κ1) is 16.4. The summed E-state index contributed by atoms with van der Waals surface area (Å²) in [5, 5.41) is 23.2. The van der Waals surface area contributed by atoms with Gasteiger partial charge in [-0.1, -0.05) is 0 Å². The van der Waals surface area contributed by atoms with E-state index in [-0.39, 0.29) is 6.15 Å². The van der Waals surface area contributed by atoms with E-state index in [0.29, 0.717) is 0 Å². The molecule has 0 spiro atoms. The fraction of sp³-hybridized carbons (Fsp3) is 0.600. The normalized spacial score (nSPS) is 9.73. The van der Waals surface area contributed by atoms with Crippen molar-refractivity contribution in [2.24, 2.45) is 0 Å². The first-order valence-electron chi connectivity index (χ1n) is 2.48. The van der Waals surface area contributed by atoms with Gasteiger partial charge in [-0.3, -0.25) is 4.79 Å². The first-order chi connectivity index (χ1) is 4.37. The number of carboxylic acid groups (broad SMARTS) is 2. The molecule has 0 heterocycles. The van der Waals surface area contributed by atoms with E-state index in [1.165, 1.54) is 6.92 Å².